The maximum atomic E-state index is 13.6. The van der Waals surface area contributed by atoms with Gasteiger partial charge in [-0.05, 0) is 54.3 Å². The smallest absolute Gasteiger partial charge is 0.254 e. The van der Waals surface area contributed by atoms with E-state index in [0.29, 0.717) is 31.8 Å². The molecule has 0 N–H and O–H groups in total. The molecular weight excluding hydrogens is 450 g/mol. The van der Waals surface area contributed by atoms with Crippen LogP contribution in [0.2, 0.25) is 0 Å². The summed E-state index contributed by atoms with van der Waals surface area (Å²) in [6.07, 6.45) is 4.04. The highest BCUT2D eigenvalue weighted by Gasteiger charge is 2.24. The molecule has 0 aliphatic carbocycles. The summed E-state index contributed by atoms with van der Waals surface area (Å²) in [5.74, 6) is 0.765. The third kappa shape index (κ3) is 8.01. The minimum absolute atomic E-state index is 0.0308. The molecule has 0 fully saturated rings. The highest BCUT2D eigenvalue weighted by atomic mass is 16.5. The molecule has 0 aliphatic rings. The normalized spacial score (nSPS) is 10.9. The Morgan fingerprint density at radius 1 is 0.917 bits per heavy atom. The van der Waals surface area contributed by atoms with Crippen LogP contribution < -0.4 is 4.74 Å². The Kier molecular flexibility index (Phi) is 10.2. The maximum Gasteiger partial charge on any atom is 0.254 e. The summed E-state index contributed by atoms with van der Waals surface area (Å²) < 4.78 is 7.75. The number of benzene rings is 2. The van der Waals surface area contributed by atoms with Crippen LogP contribution in [-0.4, -0.2) is 45.9 Å². The van der Waals surface area contributed by atoms with Gasteiger partial charge in [0.1, 0.15) is 12.3 Å². The van der Waals surface area contributed by atoms with Gasteiger partial charge in [0.2, 0.25) is 5.91 Å². The second-order valence-corrected chi connectivity index (χ2v) is 9.65. The van der Waals surface area contributed by atoms with E-state index >= 15 is 0 Å². The lowest BCUT2D eigenvalue weighted by Gasteiger charge is -2.29. The van der Waals surface area contributed by atoms with Gasteiger partial charge >= 0.3 is 0 Å². The van der Waals surface area contributed by atoms with Crippen LogP contribution in [0.4, 0.5) is 0 Å². The lowest BCUT2D eigenvalue weighted by atomic mass is 10.1. The first-order chi connectivity index (χ1) is 17.4. The van der Waals surface area contributed by atoms with Crippen molar-refractivity contribution in [1.29, 1.82) is 0 Å². The molecule has 0 saturated carbocycles. The molecule has 36 heavy (non-hydrogen) atoms. The predicted octanol–water partition coefficient (Wildman–Crippen LogP) is 5.53. The van der Waals surface area contributed by atoms with Crippen molar-refractivity contribution < 1.29 is 14.3 Å². The number of amides is 2. The Bertz CT molecular complexity index is 1090. The van der Waals surface area contributed by atoms with Gasteiger partial charge in [0, 0.05) is 37.6 Å². The third-order valence-electron chi connectivity index (χ3n) is 6.04. The minimum atomic E-state index is -0.143. The van der Waals surface area contributed by atoms with Crippen molar-refractivity contribution in [2.45, 2.75) is 46.7 Å². The molecule has 0 bridgehead atoms. The van der Waals surface area contributed by atoms with Gasteiger partial charge in [0.25, 0.3) is 5.91 Å². The third-order valence-corrected chi connectivity index (χ3v) is 6.04. The van der Waals surface area contributed by atoms with Crippen molar-refractivity contribution >= 4 is 11.8 Å². The van der Waals surface area contributed by atoms with Crippen molar-refractivity contribution in [1.82, 2.24) is 14.4 Å². The van der Waals surface area contributed by atoms with E-state index in [1.165, 1.54) is 0 Å². The van der Waals surface area contributed by atoms with Crippen LogP contribution in [0.25, 0.3) is 0 Å². The van der Waals surface area contributed by atoms with Gasteiger partial charge in [-0.15, -0.1) is 0 Å². The maximum absolute atomic E-state index is 13.6. The van der Waals surface area contributed by atoms with E-state index in [1.807, 2.05) is 77.3 Å². The fraction of sp³-hybridized carbons (Fsp3) is 0.400. The number of hydrogen-bond donors (Lipinski definition) is 0. The second-order valence-electron chi connectivity index (χ2n) is 9.65. The molecule has 0 unspecified atom stereocenters. The summed E-state index contributed by atoms with van der Waals surface area (Å²) in [7, 11) is 1.98. The van der Waals surface area contributed by atoms with E-state index < -0.39 is 0 Å². The van der Waals surface area contributed by atoms with Gasteiger partial charge in [-0.3, -0.25) is 9.59 Å². The van der Waals surface area contributed by atoms with E-state index in [0.717, 1.165) is 29.8 Å². The second kappa shape index (κ2) is 13.5. The molecule has 3 rings (SSSR count). The number of hydrogen-bond acceptors (Lipinski definition) is 3. The van der Waals surface area contributed by atoms with Crippen LogP contribution in [0.3, 0.4) is 0 Å². The lowest BCUT2D eigenvalue weighted by molar-refractivity contribution is -0.133. The zero-order valence-electron chi connectivity index (χ0n) is 22.0. The van der Waals surface area contributed by atoms with Gasteiger partial charge in [-0.25, -0.2) is 0 Å². The van der Waals surface area contributed by atoms with Crippen LogP contribution in [-0.2, 0) is 24.9 Å². The summed E-state index contributed by atoms with van der Waals surface area (Å²) >= 11 is 0. The number of carbonyl (C=O) groups is 2. The van der Waals surface area contributed by atoms with E-state index in [2.05, 4.69) is 20.8 Å². The molecule has 0 saturated heterocycles. The van der Waals surface area contributed by atoms with Crippen molar-refractivity contribution in [3.8, 4) is 5.75 Å². The quantitative estimate of drug-likeness (QED) is 0.297. The van der Waals surface area contributed by atoms with Crippen molar-refractivity contribution in [3.05, 3.63) is 89.7 Å². The monoisotopic (exact) mass is 489 g/mol. The van der Waals surface area contributed by atoms with Crippen molar-refractivity contribution in [3.63, 3.8) is 0 Å². The number of unbranched alkanes of at least 4 members (excludes halogenated alkanes) is 1. The first-order valence-corrected chi connectivity index (χ1v) is 12.8. The molecule has 6 heteroatoms. The summed E-state index contributed by atoms with van der Waals surface area (Å²) in [4.78, 5) is 30.6. The summed E-state index contributed by atoms with van der Waals surface area (Å²) in [6, 6.07) is 21.2. The molecule has 2 aromatic carbocycles. The zero-order valence-corrected chi connectivity index (χ0v) is 22.0. The SMILES string of the molecule is CCCCOc1ccc(C(=O)N(CC(=O)N(Cc2ccccc2)Cc2cccn2C)CC(C)C)cc1. The predicted molar refractivity (Wildman–Crippen MR) is 144 cm³/mol. The standard InChI is InChI=1S/C30H39N3O3/c1-5-6-19-36-28-16-14-26(15-17-28)30(35)33(20-24(2)3)23-29(34)32(21-25-11-8-7-9-12-25)22-27-13-10-18-31(27)4/h7-18,24H,5-6,19-23H2,1-4H3. The van der Waals surface area contributed by atoms with Crippen LogP contribution >= 0.6 is 0 Å². The average Bonchev–Trinajstić information content (AvgIpc) is 3.28. The Hall–Kier alpha value is -3.54. The molecule has 3 aromatic rings. The lowest BCUT2D eigenvalue weighted by Crippen LogP contribution is -2.44. The first-order valence-electron chi connectivity index (χ1n) is 12.8. The van der Waals surface area contributed by atoms with Gasteiger partial charge < -0.3 is 19.1 Å². The molecule has 2 amide bonds. The topological polar surface area (TPSA) is 54.8 Å². The van der Waals surface area contributed by atoms with Crippen LogP contribution in [0, 0.1) is 5.92 Å². The van der Waals surface area contributed by atoms with Gasteiger partial charge in [0.15, 0.2) is 0 Å². The molecule has 192 valence electrons. The minimum Gasteiger partial charge on any atom is -0.494 e. The van der Waals surface area contributed by atoms with E-state index in [-0.39, 0.29) is 24.3 Å². The van der Waals surface area contributed by atoms with E-state index in [4.69, 9.17) is 4.74 Å². The van der Waals surface area contributed by atoms with Gasteiger partial charge in [0.05, 0.1) is 13.2 Å². The Morgan fingerprint density at radius 3 is 2.25 bits per heavy atom. The number of nitrogens with zero attached hydrogens (tertiary/aromatic N) is 3. The van der Waals surface area contributed by atoms with Crippen LogP contribution in [0.15, 0.2) is 72.9 Å². The highest BCUT2D eigenvalue weighted by molar-refractivity contribution is 5.96. The van der Waals surface area contributed by atoms with E-state index in [1.54, 1.807) is 17.0 Å². The molecule has 0 spiro atoms. The summed E-state index contributed by atoms with van der Waals surface area (Å²) in [5, 5.41) is 0. The van der Waals surface area contributed by atoms with Gasteiger partial charge in [-0.1, -0.05) is 57.5 Å². The number of aromatic nitrogens is 1. The van der Waals surface area contributed by atoms with E-state index in [9.17, 15) is 9.59 Å². The van der Waals surface area contributed by atoms with Crippen LogP contribution in [0.1, 0.15) is 55.2 Å². The number of ether oxygens (including phenoxy) is 1. The molecular formula is C30H39N3O3. The first kappa shape index (κ1) is 27.1. The highest BCUT2D eigenvalue weighted by Crippen LogP contribution is 2.17. The largest absolute Gasteiger partial charge is 0.494 e. The molecule has 1 heterocycles. The van der Waals surface area contributed by atoms with Gasteiger partial charge in [-0.2, -0.15) is 0 Å². The fourth-order valence-corrected chi connectivity index (χ4v) is 4.03. The number of carbonyl (C=O) groups excluding carboxylic acids is 2. The average molecular weight is 490 g/mol. The Labute approximate surface area is 215 Å². The molecule has 1 aromatic heterocycles. The summed E-state index contributed by atoms with van der Waals surface area (Å²) in [6.45, 7) is 8.39. The Balaban J connectivity index is 1.76. The molecule has 0 aliphatic heterocycles. The molecule has 0 atom stereocenters. The Morgan fingerprint density at radius 2 is 1.64 bits per heavy atom. The number of aryl methyl sites for hydroxylation is 1. The molecule has 0 radical (unpaired) electrons. The van der Waals surface area contributed by atoms with Crippen molar-refractivity contribution in [2.24, 2.45) is 13.0 Å². The van der Waals surface area contributed by atoms with Crippen LogP contribution in [0.5, 0.6) is 5.75 Å². The summed E-state index contributed by atoms with van der Waals surface area (Å²) in [5.41, 5.74) is 2.66. The number of rotatable bonds is 13. The fourth-order valence-electron chi connectivity index (χ4n) is 4.03. The molecule has 6 nitrogen and oxygen atoms in total. The zero-order chi connectivity index (χ0) is 25.9. The van der Waals surface area contributed by atoms with Crippen molar-refractivity contribution in [2.75, 3.05) is 19.7 Å².